The Kier molecular flexibility index (Phi) is 6.82. The quantitative estimate of drug-likeness (QED) is 0.666. The number of ether oxygens (including phenoxy) is 1. The lowest BCUT2D eigenvalue weighted by atomic mass is 10.3. The number of para-hydroxylation sites is 1. The number of benzene rings is 1. The second kappa shape index (κ2) is 8.58. The Morgan fingerprint density at radius 1 is 1.24 bits per heavy atom. The van der Waals surface area contributed by atoms with Crippen molar-refractivity contribution in [1.82, 2.24) is 10.6 Å². The van der Waals surface area contributed by atoms with Crippen molar-refractivity contribution in [3.05, 3.63) is 30.3 Å². The highest BCUT2D eigenvalue weighted by Gasteiger charge is 1.99. The van der Waals surface area contributed by atoms with Crippen LogP contribution in [0.1, 0.15) is 12.8 Å². The summed E-state index contributed by atoms with van der Waals surface area (Å²) in [6.45, 7) is 1.92. The van der Waals surface area contributed by atoms with Gasteiger partial charge in [-0.05, 0) is 32.1 Å². The topological polar surface area (TPSA) is 50.4 Å². The molecule has 0 aliphatic heterocycles. The average Bonchev–Trinajstić information content (AvgIpc) is 2.36. The second-order valence-electron chi connectivity index (χ2n) is 3.72. The minimum atomic E-state index is 0.0805. The van der Waals surface area contributed by atoms with E-state index in [1.165, 1.54) is 0 Å². The first-order chi connectivity index (χ1) is 8.33. The van der Waals surface area contributed by atoms with Crippen LogP contribution in [-0.4, -0.2) is 32.7 Å². The van der Waals surface area contributed by atoms with Gasteiger partial charge in [0.15, 0.2) is 0 Å². The highest BCUT2D eigenvalue weighted by Crippen LogP contribution is 2.07. The van der Waals surface area contributed by atoms with Crippen molar-refractivity contribution >= 4 is 5.91 Å². The summed E-state index contributed by atoms with van der Waals surface area (Å²) in [5.74, 6) is 0.911. The fourth-order valence-electron chi connectivity index (χ4n) is 1.39. The summed E-state index contributed by atoms with van der Waals surface area (Å²) in [6.07, 6.45) is 1.42. The maximum Gasteiger partial charge on any atom is 0.220 e. The molecule has 1 amide bonds. The van der Waals surface area contributed by atoms with Gasteiger partial charge < -0.3 is 15.4 Å². The lowest BCUT2D eigenvalue weighted by Gasteiger charge is -2.07. The predicted molar refractivity (Wildman–Crippen MR) is 68.1 cm³/mol. The van der Waals surface area contributed by atoms with Crippen molar-refractivity contribution < 1.29 is 9.53 Å². The maximum absolute atomic E-state index is 11.3. The van der Waals surface area contributed by atoms with Gasteiger partial charge in [0.2, 0.25) is 5.91 Å². The van der Waals surface area contributed by atoms with Crippen molar-refractivity contribution in [2.24, 2.45) is 0 Å². The lowest BCUT2D eigenvalue weighted by molar-refractivity contribution is -0.121. The van der Waals surface area contributed by atoms with Gasteiger partial charge in [0.25, 0.3) is 0 Å². The smallest absolute Gasteiger partial charge is 0.220 e. The molecule has 0 unspecified atom stereocenters. The van der Waals surface area contributed by atoms with Crippen LogP contribution in [-0.2, 0) is 4.79 Å². The van der Waals surface area contributed by atoms with Gasteiger partial charge in [0, 0.05) is 6.42 Å². The Morgan fingerprint density at radius 2 is 2.00 bits per heavy atom. The van der Waals surface area contributed by atoms with Crippen LogP contribution in [0.25, 0.3) is 0 Å². The third kappa shape index (κ3) is 6.58. The maximum atomic E-state index is 11.3. The summed E-state index contributed by atoms with van der Waals surface area (Å²) in [5.41, 5.74) is 0. The fourth-order valence-corrected chi connectivity index (χ4v) is 1.39. The molecule has 17 heavy (non-hydrogen) atoms. The number of carbonyl (C=O) groups is 1. The lowest BCUT2D eigenvalue weighted by Crippen LogP contribution is -2.28. The molecular formula is C13H20N2O2. The molecule has 0 aliphatic rings. The van der Waals surface area contributed by atoms with E-state index in [0.29, 0.717) is 19.6 Å². The fraction of sp³-hybridized carbons (Fsp3) is 0.462. The normalized spacial score (nSPS) is 9.94. The minimum Gasteiger partial charge on any atom is -0.492 e. The summed E-state index contributed by atoms with van der Waals surface area (Å²) < 4.78 is 5.45. The summed E-state index contributed by atoms with van der Waals surface area (Å²) in [4.78, 5) is 11.3. The number of carbonyl (C=O) groups excluding carboxylic acids is 1. The molecule has 1 aromatic carbocycles. The van der Waals surface area contributed by atoms with Crippen LogP contribution in [0.4, 0.5) is 0 Å². The molecule has 0 aliphatic carbocycles. The van der Waals surface area contributed by atoms with Gasteiger partial charge >= 0.3 is 0 Å². The molecule has 0 saturated heterocycles. The molecule has 0 heterocycles. The zero-order chi connectivity index (χ0) is 12.3. The molecule has 0 saturated carbocycles. The molecule has 0 aromatic heterocycles. The van der Waals surface area contributed by atoms with E-state index in [1.807, 2.05) is 37.4 Å². The van der Waals surface area contributed by atoms with E-state index >= 15 is 0 Å². The standard InChI is InChI=1S/C13H20N2O2/c1-14-9-5-8-13(16)15-10-11-17-12-6-3-2-4-7-12/h2-4,6-7,14H,5,8-11H2,1H3,(H,15,16). The Labute approximate surface area is 102 Å². The van der Waals surface area contributed by atoms with Crippen LogP contribution < -0.4 is 15.4 Å². The number of hydrogen-bond donors (Lipinski definition) is 2. The van der Waals surface area contributed by atoms with Crippen LogP contribution in [0.2, 0.25) is 0 Å². The van der Waals surface area contributed by atoms with Crippen molar-refractivity contribution in [2.75, 3.05) is 26.7 Å². The van der Waals surface area contributed by atoms with E-state index in [0.717, 1.165) is 18.7 Å². The third-order valence-electron chi connectivity index (χ3n) is 2.27. The van der Waals surface area contributed by atoms with Crippen molar-refractivity contribution in [1.29, 1.82) is 0 Å². The predicted octanol–water partition coefficient (Wildman–Crippen LogP) is 1.18. The second-order valence-corrected chi connectivity index (χ2v) is 3.72. The zero-order valence-electron chi connectivity index (χ0n) is 10.2. The summed E-state index contributed by atoms with van der Waals surface area (Å²) in [7, 11) is 1.88. The highest BCUT2D eigenvalue weighted by molar-refractivity contribution is 5.75. The van der Waals surface area contributed by atoms with E-state index in [-0.39, 0.29) is 5.91 Å². The van der Waals surface area contributed by atoms with Gasteiger partial charge in [-0.25, -0.2) is 0 Å². The average molecular weight is 236 g/mol. The molecule has 1 rings (SSSR count). The molecule has 0 spiro atoms. The Hall–Kier alpha value is -1.55. The van der Waals surface area contributed by atoms with Gasteiger partial charge in [-0.15, -0.1) is 0 Å². The van der Waals surface area contributed by atoms with Crippen LogP contribution in [0.5, 0.6) is 5.75 Å². The Morgan fingerprint density at radius 3 is 2.71 bits per heavy atom. The van der Waals surface area contributed by atoms with E-state index < -0.39 is 0 Å². The van der Waals surface area contributed by atoms with Crippen molar-refractivity contribution in [3.8, 4) is 5.75 Å². The summed E-state index contributed by atoms with van der Waals surface area (Å²) >= 11 is 0. The minimum absolute atomic E-state index is 0.0805. The van der Waals surface area contributed by atoms with Gasteiger partial charge in [0.1, 0.15) is 12.4 Å². The number of hydrogen-bond acceptors (Lipinski definition) is 3. The summed E-state index contributed by atoms with van der Waals surface area (Å²) in [5, 5.41) is 5.83. The first kappa shape index (κ1) is 13.5. The first-order valence-corrected chi connectivity index (χ1v) is 5.92. The Balaban J connectivity index is 2.02. The first-order valence-electron chi connectivity index (χ1n) is 5.92. The van der Waals surface area contributed by atoms with Gasteiger partial charge in [-0.1, -0.05) is 18.2 Å². The van der Waals surface area contributed by atoms with E-state index in [4.69, 9.17) is 4.74 Å². The third-order valence-corrected chi connectivity index (χ3v) is 2.27. The summed E-state index contributed by atoms with van der Waals surface area (Å²) in [6, 6.07) is 9.58. The van der Waals surface area contributed by atoms with E-state index in [2.05, 4.69) is 10.6 Å². The number of amides is 1. The van der Waals surface area contributed by atoms with E-state index in [9.17, 15) is 4.79 Å². The molecule has 2 N–H and O–H groups in total. The molecule has 0 bridgehead atoms. The molecular weight excluding hydrogens is 216 g/mol. The monoisotopic (exact) mass is 236 g/mol. The van der Waals surface area contributed by atoms with E-state index in [1.54, 1.807) is 0 Å². The van der Waals surface area contributed by atoms with Gasteiger partial charge in [0.05, 0.1) is 6.54 Å². The molecule has 4 nitrogen and oxygen atoms in total. The SMILES string of the molecule is CNCCCC(=O)NCCOc1ccccc1. The van der Waals surface area contributed by atoms with Gasteiger partial charge in [-0.2, -0.15) is 0 Å². The number of rotatable bonds is 8. The largest absolute Gasteiger partial charge is 0.492 e. The van der Waals surface area contributed by atoms with Gasteiger partial charge in [-0.3, -0.25) is 4.79 Å². The van der Waals surface area contributed by atoms with Crippen molar-refractivity contribution in [2.45, 2.75) is 12.8 Å². The molecule has 1 aromatic rings. The molecule has 94 valence electrons. The molecule has 4 heteroatoms. The molecule has 0 atom stereocenters. The van der Waals surface area contributed by atoms with Crippen LogP contribution in [0, 0.1) is 0 Å². The number of nitrogens with one attached hydrogen (secondary N) is 2. The molecule has 0 fully saturated rings. The highest BCUT2D eigenvalue weighted by atomic mass is 16.5. The van der Waals surface area contributed by atoms with Crippen LogP contribution in [0.15, 0.2) is 30.3 Å². The van der Waals surface area contributed by atoms with Crippen molar-refractivity contribution in [3.63, 3.8) is 0 Å². The zero-order valence-corrected chi connectivity index (χ0v) is 10.2. The Bertz CT molecular complexity index is 314. The van der Waals surface area contributed by atoms with Crippen LogP contribution in [0.3, 0.4) is 0 Å². The van der Waals surface area contributed by atoms with Crippen LogP contribution >= 0.6 is 0 Å². The molecule has 0 radical (unpaired) electrons.